The fraction of sp³-hybridized carbons (Fsp3) is 0.240. The quantitative estimate of drug-likeness (QED) is 0.170. The normalized spacial score (nSPS) is 17.5. The molecule has 0 saturated heterocycles. The van der Waals surface area contributed by atoms with Crippen LogP contribution in [0.25, 0.3) is 5.57 Å². The van der Waals surface area contributed by atoms with E-state index in [2.05, 4.69) is 197 Å². The molecule has 0 N–H and O–H groups in total. The molecule has 3 heteroatoms. The Morgan fingerprint density at radius 3 is 1.83 bits per heavy atom. The molecule has 0 amide bonds. The third-order valence-corrected chi connectivity index (χ3v) is 11.7. The van der Waals surface area contributed by atoms with E-state index in [1.165, 1.54) is 78.3 Å². The fourth-order valence-corrected chi connectivity index (χ4v) is 8.97. The molecule has 5 aromatic carbocycles. The third kappa shape index (κ3) is 5.64. The molecule has 0 aromatic heterocycles. The van der Waals surface area contributed by atoms with E-state index in [0.717, 1.165) is 19.3 Å². The minimum absolute atomic E-state index is 0.00979. The van der Waals surface area contributed by atoms with Crippen LogP contribution in [0.3, 0.4) is 0 Å². The van der Waals surface area contributed by atoms with Crippen LogP contribution in [-0.2, 0) is 10.8 Å². The van der Waals surface area contributed by atoms with Crippen LogP contribution in [0.15, 0.2) is 151 Å². The number of anilines is 5. The molecule has 262 valence electrons. The van der Waals surface area contributed by atoms with Crippen molar-refractivity contribution in [1.82, 2.24) is 0 Å². The number of rotatable bonds is 4. The van der Waals surface area contributed by atoms with Gasteiger partial charge in [-0.05, 0) is 99.1 Å². The second-order valence-corrected chi connectivity index (χ2v) is 17.2. The first-order valence-electron chi connectivity index (χ1n) is 19.5. The topological polar surface area (TPSA) is 6.48 Å². The van der Waals surface area contributed by atoms with Crippen molar-refractivity contribution < 1.29 is 0 Å². The van der Waals surface area contributed by atoms with Gasteiger partial charge in [0.15, 0.2) is 0 Å². The van der Waals surface area contributed by atoms with E-state index in [-0.39, 0.29) is 17.5 Å². The molecule has 0 bridgehead atoms. The highest BCUT2D eigenvalue weighted by atomic mass is 15.2. The van der Waals surface area contributed by atoms with Gasteiger partial charge in [0.25, 0.3) is 6.71 Å². The van der Waals surface area contributed by atoms with E-state index in [9.17, 15) is 0 Å². The molecule has 1 unspecified atom stereocenters. The molecule has 2 heterocycles. The Bertz CT molecular complexity index is 2360. The molecule has 53 heavy (non-hydrogen) atoms. The fourth-order valence-electron chi connectivity index (χ4n) is 8.97. The summed E-state index contributed by atoms with van der Waals surface area (Å²) in [5, 5.41) is 0. The van der Waals surface area contributed by atoms with E-state index in [1.807, 2.05) is 0 Å². The lowest BCUT2D eigenvalue weighted by Gasteiger charge is -2.46. The molecule has 5 aromatic rings. The lowest BCUT2D eigenvalue weighted by atomic mass is 9.33. The Morgan fingerprint density at radius 1 is 0.566 bits per heavy atom. The largest absolute Gasteiger partial charge is 0.311 e. The second-order valence-electron chi connectivity index (χ2n) is 17.2. The minimum atomic E-state index is 0.00979. The highest BCUT2D eigenvalue weighted by molar-refractivity contribution is 7.00. The highest BCUT2D eigenvalue weighted by Crippen LogP contribution is 2.47. The van der Waals surface area contributed by atoms with Gasteiger partial charge < -0.3 is 9.80 Å². The lowest BCUT2D eigenvalue weighted by molar-refractivity contribution is 0.590. The lowest BCUT2D eigenvalue weighted by Crippen LogP contribution is -2.62. The molecular weight excluding hydrogens is 639 g/mol. The molecule has 2 aliphatic carbocycles. The standard InChI is InChI=1S/C50H49BN2/c1-49(2,3)36-28-30-44-40(32-36)51-41-33-37(50(4,5)6)29-31-45(41)53(43-25-16-14-23-39(43)35-20-11-8-12-21-35)47-27-17-26-46(48(47)51)52(44)42-24-15-13-22-38(42)34-18-9-7-10-19-34/h7-13,15,17-18,20-34H,14,16,19H2,1-6H3. The van der Waals surface area contributed by atoms with E-state index in [0.29, 0.717) is 5.92 Å². The van der Waals surface area contributed by atoms with Crippen molar-refractivity contribution in [3.8, 4) is 0 Å². The summed E-state index contributed by atoms with van der Waals surface area (Å²) in [6.45, 7) is 14.1. The summed E-state index contributed by atoms with van der Waals surface area (Å²) in [4.78, 5) is 5.20. The van der Waals surface area contributed by atoms with Crippen molar-refractivity contribution in [3.63, 3.8) is 0 Å². The van der Waals surface area contributed by atoms with Crippen molar-refractivity contribution in [2.45, 2.75) is 77.6 Å². The Balaban J connectivity index is 1.35. The Hall–Kier alpha value is -5.28. The molecule has 0 spiro atoms. The van der Waals surface area contributed by atoms with Crippen LogP contribution in [0.2, 0.25) is 0 Å². The van der Waals surface area contributed by atoms with E-state index in [4.69, 9.17) is 0 Å². The molecule has 9 rings (SSSR count). The highest BCUT2D eigenvalue weighted by Gasteiger charge is 2.45. The van der Waals surface area contributed by atoms with Gasteiger partial charge in [-0.15, -0.1) is 0 Å². The predicted octanol–water partition coefficient (Wildman–Crippen LogP) is 11.4. The number of benzene rings is 5. The summed E-state index contributed by atoms with van der Waals surface area (Å²) in [6.07, 6.45) is 17.1. The second kappa shape index (κ2) is 12.7. The van der Waals surface area contributed by atoms with Crippen LogP contribution in [0.4, 0.5) is 28.4 Å². The molecule has 1 atom stereocenters. The summed E-state index contributed by atoms with van der Waals surface area (Å²) in [6, 6.07) is 41.8. The SMILES string of the molecule is CC(C)(C)c1ccc2c(c1)B1c3cc(C(C)(C)C)ccc3N(c3ccccc3C3C=CC=CC3)c3cccc(c31)N2C1=CCCC=C1c1ccccc1. The van der Waals surface area contributed by atoms with Crippen LogP contribution in [0.5, 0.6) is 0 Å². The van der Waals surface area contributed by atoms with Crippen molar-refractivity contribution in [2.75, 3.05) is 9.80 Å². The minimum Gasteiger partial charge on any atom is -0.311 e. The maximum absolute atomic E-state index is 2.60. The zero-order valence-corrected chi connectivity index (χ0v) is 32.0. The molecule has 0 radical (unpaired) electrons. The van der Waals surface area contributed by atoms with Crippen molar-refractivity contribution in [3.05, 3.63) is 174 Å². The molecule has 4 aliphatic rings. The first-order valence-corrected chi connectivity index (χ1v) is 19.5. The monoisotopic (exact) mass is 688 g/mol. The molecular formula is C50H49BN2. The zero-order valence-electron chi connectivity index (χ0n) is 32.0. The summed E-state index contributed by atoms with van der Waals surface area (Å²) < 4.78 is 0. The van der Waals surface area contributed by atoms with Crippen molar-refractivity contribution in [1.29, 1.82) is 0 Å². The number of fused-ring (bicyclic) bond motifs is 4. The summed E-state index contributed by atoms with van der Waals surface area (Å²) in [5.41, 5.74) is 18.5. The van der Waals surface area contributed by atoms with Gasteiger partial charge in [0.1, 0.15) is 0 Å². The average Bonchev–Trinajstić information content (AvgIpc) is 3.17. The third-order valence-electron chi connectivity index (χ3n) is 11.7. The maximum atomic E-state index is 2.60. The number of allylic oxidation sites excluding steroid dienone is 7. The van der Waals surface area contributed by atoms with Crippen molar-refractivity contribution in [2.24, 2.45) is 0 Å². The predicted molar refractivity (Wildman–Crippen MR) is 229 cm³/mol. The van der Waals surface area contributed by atoms with Gasteiger partial charge in [0.05, 0.1) is 0 Å². The summed E-state index contributed by atoms with van der Waals surface area (Å²) in [7, 11) is 0. The van der Waals surface area contributed by atoms with Gasteiger partial charge in [-0.1, -0.05) is 157 Å². The van der Waals surface area contributed by atoms with Gasteiger partial charge in [-0.2, -0.15) is 0 Å². The zero-order chi connectivity index (χ0) is 36.5. The molecule has 0 fully saturated rings. The summed E-state index contributed by atoms with van der Waals surface area (Å²) in [5.74, 6) is 0.322. The Morgan fingerprint density at radius 2 is 1.17 bits per heavy atom. The summed E-state index contributed by atoms with van der Waals surface area (Å²) >= 11 is 0. The number of nitrogens with zero attached hydrogens (tertiary/aromatic N) is 2. The molecule has 2 nitrogen and oxygen atoms in total. The van der Waals surface area contributed by atoms with Crippen LogP contribution < -0.4 is 26.2 Å². The Labute approximate surface area is 317 Å². The van der Waals surface area contributed by atoms with Gasteiger partial charge >= 0.3 is 0 Å². The molecule has 0 saturated carbocycles. The van der Waals surface area contributed by atoms with Crippen LogP contribution in [0, 0.1) is 0 Å². The van der Waals surface area contributed by atoms with Gasteiger partial charge in [0.2, 0.25) is 0 Å². The van der Waals surface area contributed by atoms with Crippen LogP contribution in [0.1, 0.15) is 89.0 Å². The van der Waals surface area contributed by atoms with Gasteiger partial charge in [0, 0.05) is 45.6 Å². The van der Waals surface area contributed by atoms with E-state index in [1.54, 1.807) is 0 Å². The maximum Gasteiger partial charge on any atom is 0.252 e. The smallest absolute Gasteiger partial charge is 0.252 e. The van der Waals surface area contributed by atoms with E-state index >= 15 is 0 Å². The molecule has 2 aliphatic heterocycles. The van der Waals surface area contributed by atoms with Crippen LogP contribution in [-0.4, -0.2) is 6.71 Å². The van der Waals surface area contributed by atoms with Gasteiger partial charge in [-0.25, -0.2) is 0 Å². The Kier molecular flexibility index (Phi) is 8.04. The number of hydrogen-bond acceptors (Lipinski definition) is 2. The first-order chi connectivity index (χ1) is 25.6. The van der Waals surface area contributed by atoms with Gasteiger partial charge in [-0.3, -0.25) is 0 Å². The number of para-hydroxylation sites is 1. The van der Waals surface area contributed by atoms with Crippen LogP contribution >= 0.6 is 0 Å². The van der Waals surface area contributed by atoms with Crippen molar-refractivity contribution >= 4 is 57.1 Å². The average molecular weight is 689 g/mol. The van der Waals surface area contributed by atoms with E-state index < -0.39 is 0 Å². The first kappa shape index (κ1) is 33.6. The number of hydrogen-bond donors (Lipinski definition) is 0.